The minimum Gasteiger partial charge on any atom is -0.444 e. The van der Waals surface area contributed by atoms with Crippen LogP contribution in [0.2, 0.25) is 0 Å². The van der Waals surface area contributed by atoms with Crippen molar-refractivity contribution in [1.29, 1.82) is 0 Å². The minimum absolute atomic E-state index is 0.232. The van der Waals surface area contributed by atoms with Crippen LogP contribution in [0.25, 0.3) is 0 Å². The maximum absolute atomic E-state index is 12.7. The smallest absolute Gasteiger partial charge is 0.414 e. The molecule has 3 aromatic rings. The van der Waals surface area contributed by atoms with Gasteiger partial charge < -0.3 is 4.74 Å². The van der Waals surface area contributed by atoms with Crippen LogP contribution in [0, 0.1) is 12.3 Å². The van der Waals surface area contributed by atoms with E-state index in [1.54, 1.807) is 16.2 Å². The summed E-state index contributed by atoms with van der Waals surface area (Å²) >= 11 is 1.60. The van der Waals surface area contributed by atoms with Crippen molar-refractivity contribution in [3.63, 3.8) is 0 Å². The summed E-state index contributed by atoms with van der Waals surface area (Å²) in [5.74, 6) is 2.60. The molecule has 0 aliphatic heterocycles. The molecule has 124 valence electrons. The van der Waals surface area contributed by atoms with Crippen molar-refractivity contribution in [3.8, 4) is 12.3 Å². The average molecular weight is 347 g/mol. The molecule has 2 aromatic carbocycles. The first kappa shape index (κ1) is 16.8. The lowest BCUT2D eigenvalue weighted by atomic mass is 10.2. The van der Waals surface area contributed by atoms with Crippen LogP contribution < -0.4 is 4.90 Å². The number of ether oxygens (including phenoxy) is 1. The Morgan fingerprint density at radius 2 is 1.92 bits per heavy atom. The molecule has 0 aliphatic carbocycles. The van der Waals surface area contributed by atoms with Gasteiger partial charge in [-0.15, -0.1) is 17.8 Å². The maximum atomic E-state index is 12.7. The van der Waals surface area contributed by atoms with Gasteiger partial charge in [0.25, 0.3) is 0 Å². The summed E-state index contributed by atoms with van der Waals surface area (Å²) in [7, 11) is 0. The molecule has 4 heteroatoms. The molecule has 0 saturated heterocycles. The molecule has 3 nitrogen and oxygen atoms in total. The quantitative estimate of drug-likeness (QED) is 0.603. The predicted molar refractivity (Wildman–Crippen MR) is 102 cm³/mol. The van der Waals surface area contributed by atoms with E-state index in [0.717, 1.165) is 21.7 Å². The van der Waals surface area contributed by atoms with E-state index in [9.17, 15) is 4.79 Å². The van der Waals surface area contributed by atoms with Crippen molar-refractivity contribution < 1.29 is 9.53 Å². The zero-order chi connectivity index (χ0) is 17.5. The Labute approximate surface area is 151 Å². The molecular weight excluding hydrogens is 330 g/mol. The summed E-state index contributed by atoms with van der Waals surface area (Å²) in [5.41, 5.74) is 2.40. The number of benzene rings is 2. The fourth-order valence-electron chi connectivity index (χ4n) is 2.38. The van der Waals surface area contributed by atoms with Gasteiger partial charge >= 0.3 is 6.09 Å². The molecule has 0 spiro atoms. The minimum atomic E-state index is -0.397. The maximum Gasteiger partial charge on any atom is 0.414 e. The van der Waals surface area contributed by atoms with Gasteiger partial charge in [-0.25, -0.2) is 4.79 Å². The summed E-state index contributed by atoms with van der Waals surface area (Å²) in [5, 5.41) is 1.99. The molecule has 0 unspecified atom stereocenters. The molecule has 1 amide bonds. The molecule has 0 saturated carbocycles. The van der Waals surface area contributed by atoms with Gasteiger partial charge in [-0.05, 0) is 35.2 Å². The van der Waals surface area contributed by atoms with Crippen molar-refractivity contribution in [2.24, 2.45) is 0 Å². The number of anilines is 1. The second kappa shape index (κ2) is 8.18. The first-order valence-electron chi connectivity index (χ1n) is 7.83. The van der Waals surface area contributed by atoms with E-state index < -0.39 is 6.09 Å². The lowest BCUT2D eigenvalue weighted by Gasteiger charge is -2.22. The highest BCUT2D eigenvalue weighted by atomic mass is 32.1. The summed E-state index contributed by atoms with van der Waals surface area (Å²) in [4.78, 5) is 15.4. The third kappa shape index (κ3) is 4.50. The molecule has 1 aromatic heterocycles. The molecule has 3 rings (SSSR count). The number of carbonyl (C=O) groups excluding carboxylic acids is 1. The van der Waals surface area contributed by atoms with E-state index >= 15 is 0 Å². The molecule has 25 heavy (non-hydrogen) atoms. The van der Waals surface area contributed by atoms with Crippen molar-refractivity contribution in [1.82, 2.24) is 0 Å². The fourth-order valence-corrected chi connectivity index (χ4v) is 3.07. The van der Waals surface area contributed by atoms with Crippen LogP contribution in [0.5, 0.6) is 0 Å². The first-order chi connectivity index (χ1) is 12.3. The fraction of sp³-hybridized carbons (Fsp3) is 0.0952. The Kier molecular flexibility index (Phi) is 5.50. The SMILES string of the molecule is C#Cc1cccc(N(Cc2cccs2)C(=O)OCc2ccccc2)c1. The molecule has 0 radical (unpaired) electrons. The van der Waals surface area contributed by atoms with E-state index in [1.807, 2.05) is 72.1 Å². The number of hydrogen-bond donors (Lipinski definition) is 0. The monoisotopic (exact) mass is 347 g/mol. The Hall–Kier alpha value is -3.03. The van der Waals surface area contributed by atoms with Gasteiger partial charge in [0.05, 0.1) is 6.54 Å². The average Bonchev–Trinajstić information content (AvgIpc) is 3.18. The van der Waals surface area contributed by atoms with E-state index in [4.69, 9.17) is 11.2 Å². The summed E-state index contributed by atoms with van der Waals surface area (Å²) in [6, 6.07) is 20.9. The van der Waals surface area contributed by atoms with Gasteiger partial charge in [-0.1, -0.05) is 48.4 Å². The van der Waals surface area contributed by atoms with Crippen molar-refractivity contribution in [2.75, 3.05) is 4.90 Å². The third-order valence-corrected chi connectivity index (χ3v) is 4.51. The summed E-state index contributed by atoms with van der Waals surface area (Å²) < 4.78 is 5.51. The number of carbonyl (C=O) groups is 1. The van der Waals surface area contributed by atoms with E-state index in [1.165, 1.54) is 0 Å². The van der Waals surface area contributed by atoms with Crippen molar-refractivity contribution in [2.45, 2.75) is 13.2 Å². The molecule has 0 N–H and O–H groups in total. The second-order valence-electron chi connectivity index (χ2n) is 5.40. The zero-order valence-corrected chi connectivity index (χ0v) is 14.4. The van der Waals surface area contributed by atoms with Gasteiger partial charge in [0.1, 0.15) is 6.61 Å². The largest absolute Gasteiger partial charge is 0.444 e. The third-order valence-electron chi connectivity index (χ3n) is 3.64. The van der Waals surface area contributed by atoms with E-state index in [2.05, 4.69) is 5.92 Å². The summed E-state index contributed by atoms with van der Waals surface area (Å²) in [6.07, 6.45) is 5.09. The first-order valence-corrected chi connectivity index (χ1v) is 8.71. The van der Waals surface area contributed by atoms with Crippen LogP contribution in [0.1, 0.15) is 16.0 Å². The topological polar surface area (TPSA) is 29.5 Å². The van der Waals surface area contributed by atoms with Gasteiger partial charge in [-0.3, -0.25) is 4.90 Å². The number of thiophene rings is 1. The van der Waals surface area contributed by atoms with E-state index in [-0.39, 0.29) is 6.61 Å². The van der Waals surface area contributed by atoms with E-state index in [0.29, 0.717) is 6.54 Å². The highest BCUT2D eigenvalue weighted by Crippen LogP contribution is 2.22. The number of amides is 1. The van der Waals surface area contributed by atoms with Crippen LogP contribution >= 0.6 is 11.3 Å². The molecule has 0 fully saturated rings. The number of nitrogens with zero attached hydrogens (tertiary/aromatic N) is 1. The molecule has 0 bridgehead atoms. The Morgan fingerprint density at radius 3 is 2.64 bits per heavy atom. The predicted octanol–water partition coefficient (Wildman–Crippen LogP) is 5.07. The lowest BCUT2D eigenvalue weighted by molar-refractivity contribution is 0.146. The van der Waals surface area contributed by atoms with Crippen LogP contribution in [0.15, 0.2) is 72.1 Å². The highest BCUT2D eigenvalue weighted by molar-refractivity contribution is 7.09. The van der Waals surface area contributed by atoms with Crippen LogP contribution in [0.4, 0.5) is 10.5 Å². The normalized spacial score (nSPS) is 10.0. The zero-order valence-electron chi connectivity index (χ0n) is 13.6. The van der Waals surface area contributed by atoms with Gasteiger partial charge in [0, 0.05) is 16.1 Å². The summed E-state index contributed by atoms with van der Waals surface area (Å²) in [6.45, 7) is 0.675. The molecule has 0 atom stereocenters. The molecule has 1 heterocycles. The van der Waals surface area contributed by atoms with Gasteiger partial charge in [-0.2, -0.15) is 0 Å². The van der Waals surface area contributed by atoms with Crippen LogP contribution in [-0.4, -0.2) is 6.09 Å². The molecule has 0 aliphatic rings. The number of hydrogen-bond acceptors (Lipinski definition) is 3. The van der Waals surface area contributed by atoms with Crippen molar-refractivity contribution in [3.05, 3.63) is 88.1 Å². The molecular formula is C21H17NO2S. The van der Waals surface area contributed by atoms with Gasteiger partial charge in [0.15, 0.2) is 0 Å². The Balaban J connectivity index is 1.80. The number of terminal acetylenes is 1. The Morgan fingerprint density at radius 1 is 1.08 bits per heavy atom. The standard InChI is InChI=1S/C21H17NO2S/c1-2-17-10-6-11-19(14-17)22(15-20-12-7-13-25-20)21(23)24-16-18-8-4-3-5-9-18/h1,3-14H,15-16H2. The van der Waals surface area contributed by atoms with Crippen molar-refractivity contribution >= 4 is 23.1 Å². The second-order valence-corrected chi connectivity index (χ2v) is 6.43. The Bertz CT molecular complexity index is 866. The highest BCUT2D eigenvalue weighted by Gasteiger charge is 2.18. The number of rotatable bonds is 5. The van der Waals surface area contributed by atoms with Gasteiger partial charge in [0.2, 0.25) is 0 Å². The van der Waals surface area contributed by atoms with Crippen LogP contribution in [-0.2, 0) is 17.9 Å². The van der Waals surface area contributed by atoms with Crippen LogP contribution in [0.3, 0.4) is 0 Å². The lowest BCUT2D eigenvalue weighted by Crippen LogP contribution is -2.30.